The number of hydrogen-bond acceptors (Lipinski definition) is 11. The third kappa shape index (κ3) is 9.23. The Kier molecular flexibility index (Phi) is 11.8. The maximum Gasteiger partial charge on any atom is 0.408 e. The van der Waals surface area contributed by atoms with Crippen LogP contribution in [0.1, 0.15) is 68.2 Å². The molecule has 1 saturated carbocycles. The third-order valence-corrected chi connectivity index (χ3v) is 11.4. The van der Waals surface area contributed by atoms with Crippen LogP contribution in [-0.4, -0.2) is 95.3 Å². The van der Waals surface area contributed by atoms with Gasteiger partial charge in [0.05, 0.1) is 29.8 Å². The molecular formula is C40H52N6O9S. The van der Waals surface area contributed by atoms with E-state index in [2.05, 4.69) is 21.9 Å². The zero-order valence-electron chi connectivity index (χ0n) is 33.3. The standard InChI is InChI=1S/C40H52N6O9S/c1-11-25-21-40(25,36(49)45-56(51,52)23(2)3)44-33(47)30-20-27(22-46(30)35(48)31(38(4,5)6)42-37(50)55-39(7,8)9)54-34-28-19-26(53-10)17-18-29(28)41-32(43-34)24-15-13-12-14-16-24/h11-19,23,25,27,30-31H,1,20-22H2,2-10H3,(H,42,50)(H,44,47)(H,45,49)/t25?,27-,30+,31-,40?/m1/s1. The average molecular weight is 793 g/mol. The van der Waals surface area contributed by atoms with Gasteiger partial charge in [0.25, 0.3) is 5.91 Å². The summed E-state index contributed by atoms with van der Waals surface area (Å²) in [6.07, 6.45) is -0.0976. The number of rotatable bonds is 12. The van der Waals surface area contributed by atoms with Crippen molar-refractivity contribution in [1.82, 2.24) is 30.2 Å². The van der Waals surface area contributed by atoms with Gasteiger partial charge in [0.15, 0.2) is 5.82 Å². The van der Waals surface area contributed by atoms with Crippen molar-refractivity contribution in [2.75, 3.05) is 13.7 Å². The number of nitrogens with zero attached hydrogens (tertiary/aromatic N) is 3. The molecule has 1 aromatic heterocycles. The molecule has 0 radical (unpaired) electrons. The second-order valence-electron chi connectivity index (χ2n) is 16.6. The van der Waals surface area contributed by atoms with Crippen molar-refractivity contribution in [3.05, 3.63) is 61.2 Å². The van der Waals surface area contributed by atoms with Gasteiger partial charge in [-0.3, -0.25) is 19.1 Å². The molecule has 5 rings (SSSR count). The Bertz CT molecular complexity index is 2110. The number of carbonyl (C=O) groups excluding carboxylic acids is 4. The van der Waals surface area contributed by atoms with Crippen molar-refractivity contribution in [2.24, 2.45) is 11.3 Å². The normalized spacial score (nSPS) is 21.5. The molecule has 302 valence electrons. The quantitative estimate of drug-likeness (QED) is 0.219. The van der Waals surface area contributed by atoms with Gasteiger partial charge in [-0.05, 0) is 64.7 Å². The van der Waals surface area contributed by atoms with Crippen molar-refractivity contribution in [3.8, 4) is 23.0 Å². The van der Waals surface area contributed by atoms with Crippen molar-refractivity contribution < 1.29 is 41.8 Å². The summed E-state index contributed by atoms with van der Waals surface area (Å²) < 4.78 is 45.0. The molecule has 2 unspecified atom stereocenters. The molecule has 5 atom stereocenters. The first-order valence-electron chi connectivity index (χ1n) is 18.5. The number of amides is 4. The maximum atomic E-state index is 14.6. The Labute approximate surface area is 328 Å². The van der Waals surface area contributed by atoms with Crippen LogP contribution < -0.4 is 24.8 Å². The number of benzene rings is 2. The lowest BCUT2D eigenvalue weighted by molar-refractivity contribution is -0.143. The SMILES string of the molecule is C=CC1CC1(NC(=O)[C@@H]1C[C@@H](Oc2nc(-c3ccccc3)nc3ccc(OC)cc23)CN1C(=O)[C@@H](NC(=O)OC(C)(C)C)C(C)(C)C)C(=O)NS(=O)(=O)C(C)C. The highest BCUT2D eigenvalue weighted by molar-refractivity contribution is 7.90. The molecule has 0 spiro atoms. The smallest absolute Gasteiger partial charge is 0.408 e. The predicted molar refractivity (Wildman–Crippen MR) is 210 cm³/mol. The van der Waals surface area contributed by atoms with Gasteiger partial charge < -0.3 is 29.7 Å². The van der Waals surface area contributed by atoms with Crippen molar-refractivity contribution in [1.29, 1.82) is 0 Å². The summed E-state index contributed by atoms with van der Waals surface area (Å²) in [4.78, 5) is 66.5. The summed E-state index contributed by atoms with van der Waals surface area (Å²) in [7, 11) is -2.51. The number of ether oxygens (including phenoxy) is 3. The van der Waals surface area contributed by atoms with Gasteiger partial charge in [-0.15, -0.1) is 6.58 Å². The van der Waals surface area contributed by atoms with Crippen LogP contribution in [-0.2, 0) is 29.1 Å². The van der Waals surface area contributed by atoms with Crippen LogP contribution in [0.15, 0.2) is 61.2 Å². The average Bonchev–Trinajstić information content (AvgIpc) is 3.67. The maximum absolute atomic E-state index is 14.6. The van der Waals surface area contributed by atoms with Gasteiger partial charge in [0, 0.05) is 17.9 Å². The lowest BCUT2D eigenvalue weighted by Gasteiger charge is -2.36. The van der Waals surface area contributed by atoms with E-state index in [1.807, 2.05) is 30.3 Å². The molecule has 1 aliphatic heterocycles. The summed E-state index contributed by atoms with van der Waals surface area (Å²) in [6, 6.07) is 12.2. The number of aromatic nitrogens is 2. The van der Waals surface area contributed by atoms with Crippen LogP contribution in [0.3, 0.4) is 0 Å². The minimum absolute atomic E-state index is 0.0439. The fourth-order valence-corrected chi connectivity index (χ4v) is 7.14. The zero-order chi connectivity index (χ0) is 41.4. The third-order valence-electron chi connectivity index (χ3n) is 9.71. The van der Waals surface area contributed by atoms with Gasteiger partial charge >= 0.3 is 6.09 Å². The number of fused-ring (bicyclic) bond motifs is 1. The number of likely N-dealkylation sites (tertiary alicyclic amines) is 1. The van der Waals surface area contributed by atoms with Gasteiger partial charge in [0.1, 0.15) is 35.1 Å². The summed E-state index contributed by atoms with van der Waals surface area (Å²) >= 11 is 0. The summed E-state index contributed by atoms with van der Waals surface area (Å²) in [5.41, 5.74) is -2.01. The Morgan fingerprint density at radius 3 is 2.27 bits per heavy atom. The lowest BCUT2D eigenvalue weighted by atomic mass is 9.85. The number of alkyl carbamates (subject to hydrolysis) is 1. The van der Waals surface area contributed by atoms with Gasteiger partial charge in [0.2, 0.25) is 27.7 Å². The first kappa shape index (κ1) is 41.9. The first-order chi connectivity index (χ1) is 26.1. The number of methoxy groups -OCH3 is 1. The Hall–Kier alpha value is -5.25. The molecule has 3 N–H and O–H groups in total. The fourth-order valence-electron chi connectivity index (χ4n) is 6.46. The molecule has 2 heterocycles. The van der Waals surface area contributed by atoms with E-state index >= 15 is 0 Å². The zero-order valence-corrected chi connectivity index (χ0v) is 34.2. The molecule has 1 saturated heterocycles. The van der Waals surface area contributed by atoms with E-state index in [0.29, 0.717) is 22.5 Å². The highest BCUT2D eigenvalue weighted by Gasteiger charge is 2.61. The second kappa shape index (κ2) is 15.7. The van der Waals surface area contributed by atoms with Crippen LogP contribution in [0.25, 0.3) is 22.3 Å². The molecule has 2 aromatic carbocycles. The number of hydrogen-bond donors (Lipinski definition) is 3. The van der Waals surface area contributed by atoms with E-state index in [4.69, 9.17) is 24.2 Å². The molecule has 0 bridgehead atoms. The van der Waals surface area contributed by atoms with Crippen LogP contribution in [0.5, 0.6) is 11.6 Å². The van der Waals surface area contributed by atoms with Gasteiger partial charge in [-0.25, -0.2) is 18.2 Å². The molecule has 2 aliphatic rings. The van der Waals surface area contributed by atoms with Crippen LogP contribution in [0.2, 0.25) is 0 Å². The van der Waals surface area contributed by atoms with E-state index in [-0.39, 0.29) is 25.3 Å². The van der Waals surface area contributed by atoms with Crippen LogP contribution >= 0.6 is 0 Å². The van der Waals surface area contributed by atoms with Crippen LogP contribution in [0.4, 0.5) is 4.79 Å². The molecule has 4 amide bonds. The monoisotopic (exact) mass is 792 g/mol. The minimum Gasteiger partial charge on any atom is -0.497 e. The summed E-state index contributed by atoms with van der Waals surface area (Å²) in [6.45, 7) is 16.9. The predicted octanol–water partition coefficient (Wildman–Crippen LogP) is 4.51. The Morgan fingerprint density at radius 2 is 1.70 bits per heavy atom. The molecule has 2 fully saturated rings. The highest BCUT2D eigenvalue weighted by Crippen LogP contribution is 2.45. The Morgan fingerprint density at radius 1 is 1.02 bits per heavy atom. The first-order valence-corrected chi connectivity index (χ1v) is 20.0. The van der Waals surface area contributed by atoms with E-state index in [0.717, 1.165) is 5.56 Å². The molecule has 1 aliphatic carbocycles. The molecule has 15 nitrogen and oxygen atoms in total. The largest absolute Gasteiger partial charge is 0.497 e. The molecule has 16 heteroatoms. The number of sulfonamides is 1. The lowest BCUT2D eigenvalue weighted by Crippen LogP contribution is -2.60. The minimum atomic E-state index is -4.04. The van der Waals surface area contributed by atoms with Gasteiger partial charge in [-0.1, -0.05) is 57.2 Å². The fraction of sp³-hybridized carbons (Fsp3) is 0.500. The number of nitrogens with one attached hydrogen (secondary N) is 3. The van der Waals surface area contributed by atoms with Crippen molar-refractivity contribution >= 4 is 44.7 Å². The highest BCUT2D eigenvalue weighted by atomic mass is 32.2. The topological polar surface area (TPSA) is 195 Å². The van der Waals surface area contributed by atoms with E-state index in [1.54, 1.807) is 59.7 Å². The number of carbonyl (C=O) groups is 4. The van der Waals surface area contributed by atoms with Gasteiger partial charge in [-0.2, -0.15) is 4.98 Å². The van der Waals surface area contributed by atoms with Crippen molar-refractivity contribution in [3.63, 3.8) is 0 Å². The molecule has 3 aromatic rings. The molecule has 56 heavy (non-hydrogen) atoms. The summed E-state index contributed by atoms with van der Waals surface area (Å²) in [5, 5.41) is 5.10. The second-order valence-corrected chi connectivity index (χ2v) is 18.8. The van der Waals surface area contributed by atoms with Crippen LogP contribution in [0, 0.1) is 11.3 Å². The molecular weight excluding hydrogens is 741 g/mol. The van der Waals surface area contributed by atoms with E-state index in [1.165, 1.54) is 31.9 Å². The van der Waals surface area contributed by atoms with E-state index < -0.39 is 79.7 Å². The van der Waals surface area contributed by atoms with E-state index in [9.17, 15) is 27.6 Å². The van der Waals surface area contributed by atoms with Crippen molar-refractivity contribution in [2.45, 2.75) is 103 Å². The summed E-state index contributed by atoms with van der Waals surface area (Å²) in [5.74, 6) is -1.66. The Balaban J connectivity index is 1.53.